The summed E-state index contributed by atoms with van der Waals surface area (Å²) in [5.74, 6) is -1.17. The lowest BCUT2D eigenvalue weighted by Gasteiger charge is -2.12. The van der Waals surface area contributed by atoms with Gasteiger partial charge in [-0.1, -0.05) is 18.2 Å². The molecule has 2 aromatic carbocycles. The first-order valence-electron chi connectivity index (χ1n) is 6.81. The Bertz CT molecular complexity index is 826. The number of benzene rings is 2. The molecule has 0 aliphatic heterocycles. The van der Waals surface area contributed by atoms with Crippen LogP contribution in [-0.4, -0.2) is 33.2 Å². The van der Waals surface area contributed by atoms with Gasteiger partial charge >= 0.3 is 0 Å². The molecule has 4 nitrogen and oxygen atoms in total. The molecule has 0 aromatic heterocycles. The second-order valence-electron chi connectivity index (χ2n) is 5.11. The van der Waals surface area contributed by atoms with Crippen LogP contribution >= 0.6 is 0 Å². The molecule has 0 fully saturated rings. The van der Waals surface area contributed by atoms with Gasteiger partial charge in [0.1, 0.15) is 10.7 Å². The Labute approximate surface area is 134 Å². The van der Waals surface area contributed by atoms with E-state index in [4.69, 9.17) is 0 Å². The molecular formula is C17H16FNO3S. The fourth-order valence-electron chi connectivity index (χ4n) is 1.95. The zero-order valence-electron chi connectivity index (χ0n) is 12.7. The molecule has 0 aliphatic rings. The lowest BCUT2D eigenvalue weighted by molar-refractivity contribution is 0.104. The van der Waals surface area contributed by atoms with Gasteiger partial charge in [-0.3, -0.25) is 4.79 Å². The van der Waals surface area contributed by atoms with E-state index in [1.165, 1.54) is 35.4 Å². The van der Waals surface area contributed by atoms with Gasteiger partial charge in [-0.05, 0) is 36.4 Å². The molecule has 0 unspecified atom stereocenters. The number of carbonyl (C=O) groups excluding carboxylic acids is 1. The smallest absolute Gasteiger partial charge is 0.211 e. The number of sulfone groups is 1. The lowest BCUT2D eigenvalue weighted by atomic mass is 10.1. The predicted octanol–water partition coefficient (Wildman–Crippen LogP) is 2.89. The molecular weight excluding hydrogens is 317 g/mol. The zero-order chi connectivity index (χ0) is 17.0. The molecule has 0 N–H and O–H groups in total. The fraction of sp³-hybridized carbons (Fsp3) is 0.118. The normalized spacial score (nSPS) is 12.0. The number of hydrogen-bond acceptors (Lipinski definition) is 4. The highest BCUT2D eigenvalue weighted by Gasteiger charge is 2.28. The first kappa shape index (κ1) is 16.9. The van der Waals surface area contributed by atoms with Crippen molar-refractivity contribution >= 4 is 15.6 Å². The van der Waals surface area contributed by atoms with E-state index in [-0.39, 0.29) is 15.4 Å². The third-order valence-electron chi connectivity index (χ3n) is 3.05. The molecule has 2 rings (SSSR count). The van der Waals surface area contributed by atoms with Crippen molar-refractivity contribution in [1.82, 2.24) is 4.90 Å². The molecule has 0 atom stereocenters. The van der Waals surface area contributed by atoms with Crippen LogP contribution in [0.5, 0.6) is 0 Å². The van der Waals surface area contributed by atoms with Crippen LogP contribution in [0.15, 0.2) is 70.6 Å². The van der Waals surface area contributed by atoms with Crippen molar-refractivity contribution in [3.63, 3.8) is 0 Å². The zero-order valence-corrected chi connectivity index (χ0v) is 13.5. The second kappa shape index (κ2) is 6.75. The highest BCUT2D eigenvalue weighted by atomic mass is 32.2. The predicted molar refractivity (Wildman–Crippen MR) is 86.1 cm³/mol. The lowest BCUT2D eigenvalue weighted by Crippen LogP contribution is -2.18. The van der Waals surface area contributed by atoms with Crippen LogP contribution in [0.25, 0.3) is 0 Å². The summed E-state index contributed by atoms with van der Waals surface area (Å²) in [5, 5.41) is 0. The molecule has 0 heterocycles. The Morgan fingerprint density at radius 3 is 2.09 bits per heavy atom. The summed E-state index contributed by atoms with van der Waals surface area (Å²) in [6.45, 7) is 0. The van der Waals surface area contributed by atoms with Gasteiger partial charge < -0.3 is 4.90 Å². The summed E-state index contributed by atoms with van der Waals surface area (Å²) < 4.78 is 38.5. The van der Waals surface area contributed by atoms with Crippen LogP contribution in [0.4, 0.5) is 4.39 Å². The largest absolute Gasteiger partial charge is 0.382 e. The minimum absolute atomic E-state index is 0.0311. The molecule has 2 aromatic rings. The van der Waals surface area contributed by atoms with Crippen molar-refractivity contribution in [2.45, 2.75) is 4.90 Å². The Balaban J connectivity index is 2.54. The Kier molecular flexibility index (Phi) is 4.95. The maximum Gasteiger partial charge on any atom is 0.211 e. The number of hydrogen-bond donors (Lipinski definition) is 0. The van der Waals surface area contributed by atoms with Gasteiger partial charge in [0.25, 0.3) is 0 Å². The minimum atomic E-state index is -3.98. The Morgan fingerprint density at radius 2 is 1.57 bits per heavy atom. The monoisotopic (exact) mass is 333 g/mol. The van der Waals surface area contributed by atoms with E-state index in [9.17, 15) is 17.6 Å². The summed E-state index contributed by atoms with van der Waals surface area (Å²) in [6, 6.07) is 12.5. The number of rotatable bonds is 5. The highest BCUT2D eigenvalue weighted by molar-refractivity contribution is 7.96. The first-order valence-corrected chi connectivity index (χ1v) is 8.29. The summed E-state index contributed by atoms with van der Waals surface area (Å²) in [7, 11) is -0.731. The Morgan fingerprint density at radius 1 is 1.00 bits per heavy atom. The van der Waals surface area contributed by atoms with E-state index in [1.54, 1.807) is 32.3 Å². The number of allylic oxidation sites excluding steroid dienone is 1. The molecule has 23 heavy (non-hydrogen) atoms. The highest BCUT2D eigenvalue weighted by Crippen LogP contribution is 2.23. The summed E-state index contributed by atoms with van der Waals surface area (Å²) in [6.07, 6.45) is 1.26. The molecule has 0 saturated carbocycles. The quantitative estimate of drug-likeness (QED) is 0.624. The van der Waals surface area contributed by atoms with Crippen molar-refractivity contribution in [2.75, 3.05) is 14.1 Å². The van der Waals surface area contributed by atoms with E-state index in [1.807, 2.05) is 0 Å². The van der Waals surface area contributed by atoms with Gasteiger partial charge in [0, 0.05) is 25.9 Å². The van der Waals surface area contributed by atoms with E-state index >= 15 is 0 Å². The maximum atomic E-state index is 13.0. The maximum absolute atomic E-state index is 13.0. The number of halogens is 1. The van der Waals surface area contributed by atoms with Crippen LogP contribution < -0.4 is 0 Å². The van der Waals surface area contributed by atoms with Gasteiger partial charge in [-0.2, -0.15) is 0 Å². The third-order valence-corrected chi connectivity index (χ3v) is 4.81. The van der Waals surface area contributed by atoms with Crippen molar-refractivity contribution in [3.8, 4) is 0 Å². The molecule has 0 saturated heterocycles. The SMILES string of the molecule is CN(C)C=C(C(=O)c1ccc(F)cc1)S(=O)(=O)c1ccccc1. The topological polar surface area (TPSA) is 54.5 Å². The van der Waals surface area contributed by atoms with Crippen LogP contribution in [0.3, 0.4) is 0 Å². The van der Waals surface area contributed by atoms with Crippen molar-refractivity contribution in [1.29, 1.82) is 0 Å². The first-order chi connectivity index (χ1) is 10.8. The minimum Gasteiger partial charge on any atom is -0.382 e. The molecule has 0 aliphatic carbocycles. The number of nitrogens with zero attached hydrogens (tertiary/aromatic N) is 1. The van der Waals surface area contributed by atoms with E-state index in [0.29, 0.717) is 0 Å². The van der Waals surface area contributed by atoms with E-state index in [2.05, 4.69) is 0 Å². The molecule has 0 amide bonds. The van der Waals surface area contributed by atoms with E-state index < -0.39 is 21.4 Å². The summed E-state index contributed by atoms with van der Waals surface area (Å²) >= 11 is 0. The van der Waals surface area contributed by atoms with Gasteiger partial charge in [0.2, 0.25) is 15.6 Å². The second-order valence-corrected chi connectivity index (χ2v) is 7.03. The average molecular weight is 333 g/mol. The third kappa shape index (κ3) is 3.84. The standard InChI is InChI=1S/C17H16FNO3S/c1-19(2)12-16(17(20)13-8-10-14(18)11-9-13)23(21,22)15-6-4-3-5-7-15/h3-12H,1-2H3. The Hall–Kier alpha value is -2.47. The molecule has 0 radical (unpaired) electrons. The van der Waals surface area contributed by atoms with Crippen LogP contribution in [0, 0.1) is 5.82 Å². The molecule has 6 heteroatoms. The number of Topliss-reactive ketones (excluding diaryl/α,β-unsaturated/α-hetero) is 1. The van der Waals surface area contributed by atoms with Gasteiger partial charge in [0.15, 0.2) is 0 Å². The van der Waals surface area contributed by atoms with E-state index in [0.717, 1.165) is 12.1 Å². The van der Waals surface area contributed by atoms with Gasteiger partial charge in [0.05, 0.1) is 4.90 Å². The summed E-state index contributed by atoms with van der Waals surface area (Å²) in [4.78, 5) is 13.8. The van der Waals surface area contributed by atoms with Crippen LogP contribution in [0.2, 0.25) is 0 Å². The molecule has 0 spiro atoms. The number of ketones is 1. The van der Waals surface area contributed by atoms with Crippen LogP contribution in [-0.2, 0) is 9.84 Å². The van der Waals surface area contributed by atoms with Crippen molar-refractivity contribution < 1.29 is 17.6 Å². The average Bonchev–Trinajstić information content (AvgIpc) is 2.53. The van der Waals surface area contributed by atoms with Crippen molar-refractivity contribution in [2.24, 2.45) is 0 Å². The molecule has 120 valence electrons. The van der Waals surface area contributed by atoms with Gasteiger partial charge in [-0.25, -0.2) is 12.8 Å². The fourth-order valence-corrected chi connectivity index (χ4v) is 3.44. The molecule has 0 bridgehead atoms. The van der Waals surface area contributed by atoms with Crippen LogP contribution in [0.1, 0.15) is 10.4 Å². The van der Waals surface area contributed by atoms with Gasteiger partial charge in [-0.15, -0.1) is 0 Å². The number of carbonyl (C=O) groups is 1. The summed E-state index contributed by atoms with van der Waals surface area (Å²) in [5.41, 5.74) is 0.110. The van der Waals surface area contributed by atoms with Crippen molar-refractivity contribution in [3.05, 3.63) is 77.1 Å².